The lowest BCUT2D eigenvalue weighted by atomic mass is 9.89. The van der Waals surface area contributed by atoms with Gasteiger partial charge in [0.1, 0.15) is 10.3 Å². The van der Waals surface area contributed by atoms with Crippen LogP contribution in [0.1, 0.15) is 0 Å². The van der Waals surface area contributed by atoms with Crippen LogP contribution in [0.4, 0.5) is 0 Å². The van der Waals surface area contributed by atoms with Crippen LogP contribution in [-0.2, 0) is 10.1 Å². The van der Waals surface area contributed by atoms with Gasteiger partial charge in [0.05, 0.1) is 5.36 Å². The molecule has 5 nitrogen and oxygen atoms in total. The number of rotatable bonds is 1. The number of fused-ring (bicyclic) bond motifs is 2. The maximum Gasteiger partial charge on any atom is 0.297 e. The second-order valence-electron chi connectivity index (χ2n) is 6.37. The van der Waals surface area contributed by atoms with Crippen molar-refractivity contribution in [2.45, 2.75) is 4.90 Å². The zero-order valence-corrected chi connectivity index (χ0v) is 14.2. The third-order valence-corrected chi connectivity index (χ3v) is 5.95. The van der Waals surface area contributed by atoms with Crippen LogP contribution >= 0.6 is 0 Å². The molecule has 0 aliphatic rings. The summed E-state index contributed by atoms with van der Waals surface area (Å²) in [7, 11) is -4.64. The largest absolute Gasteiger partial charge is 0.298 e. The Labute approximate surface area is 147 Å². The van der Waals surface area contributed by atoms with Crippen molar-refractivity contribution in [1.82, 2.24) is 0 Å². The minimum absolute atomic E-state index is 0.195. The van der Waals surface area contributed by atoms with Gasteiger partial charge in [-0.15, -0.1) is 0 Å². The third kappa shape index (κ3) is 1.75. The zero-order valence-electron chi connectivity index (χ0n) is 13.4. The topological polar surface area (TPSA) is 102 Å². The Hall–Kier alpha value is -3.09. The van der Waals surface area contributed by atoms with Gasteiger partial charge in [-0.25, -0.2) is 0 Å². The third-order valence-electron chi connectivity index (χ3n) is 5.01. The van der Waals surface area contributed by atoms with Crippen LogP contribution in [0.25, 0.3) is 43.1 Å². The van der Waals surface area contributed by atoms with Crippen LogP contribution in [0, 0.1) is 10.8 Å². The van der Waals surface area contributed by atoms with E-state index in [1.54, 1.807) is 12.1 Å². The Bertz CT molecular complexity index is 1590. The summed E-state index contributed by atoms with van der Waals surface area (Å²) in [5.74, 6) is 0. The lowest BCUT2D eigenvalue weighted by molar-refractivity contribution is 0.483. The highest BCUT2D eigenvalue weighted by molar-refractivity contribution is 7.86. The van der Waals surface area contributed by atoms with Crippen molar-refractivity contribution < 1.29 is 13.0 Å². The predicted octanol–water partition coefficient (Wildman–Crippen LogP) is 3.38. The van der Waals surface area contributed by atoms with Crippen molar-refractivity contribution in [3.63, 3.8) is 0 Å². The maximum atomic E-state index is 11.9. The van der Waals surface area contributed by atoms with Gasteiger partial charge in [0.25, 0.3) is 10.1 Å². The van der Waals surface area contributed by atoms with Crippen molar-refractivity contribution in [2.24, 2.45) is 0 Å². The Balaban J connectivity index is 2.32. The van der Waals surface area contributed by atoms with Gasteiger partial charge in [-0.05, 0) is 26.9 Å². The Kier molecular flexibility index (Phi) is 2.77. The lowest BCUT2D eigenvalue weighted by Crippen LogP contribution is -2.30. The molecule has 0 aliphatic heterocycles. The summed E-state index contributed by atoms with van der Waals surface area (Å²) in [5, 5.41) is 22.0. The van der Waals surface area contributed by atoms with Crippen LogP contribution in [0.3, 0.4) is 0 Å². The molecular weight excluding hydrogens is 348 g/mol. The Morgan fingerprint density at radius 2 is 1.19 bits per heavy atom. The van der Waals surface area contributed by atoms with Gasteiger partial charge < -0.3 is 0 Å². The van der Waals surface area contributed by atoms with Gasteiger partial charge in [0, 0.05) is 16.2 Å². The first kappa shape index (κ1) is 15.2. The number of hydrogen-bond acceptors (Lipinski definition) is 4. The van der Waals surface area contributed by atoms with Crippen molar-refractivity contribution in [2.75, 3.05) is 0 Å². The van der Waals surface area contributed by atoms with E-state index in [-0.39, 0.29) is 10.7 Å². The van der Waals surface area contributed by atoms with Gasteiger partial charge in [-0.1, -0.05) is 54.6 Å². The number of nitrogens with one attached hydrogen (secondary N) is 2. The molecule has 0 saturated heterocycles. The van der Waals surface area contributed by atoms with Crippen LogP contribution < -0.4 is 10.7 Å². The molecule has 0 heterocycles. The van der Waals surface area contributed by atoms with Crippen LogP contribution in [0.15, 0.2) is 59.5 Å². The minimum Gasteiger partial charge on any atom is -0.298 e. The van der Waals surface area contributed by atoms with Gasteiger partial charge in [-0.3, -0.25) is 15.4 Å². The Morgan fingerprint density at radius 1 is 0.654 bits per heavy atom. The first-order valence-corrected chi connectivity index (χ1v) is 9.39. The smallest absolute Gasteiger partial charge is 0.297 e. The van der Waals surface area contributed by atoms with E-state index in [2.05, 4.69) is 0 Å². The molecule has 0 radical (unpaired) electrons. The summed E-state index contributed by atoms with van der Waals surface area (Å²) in [4.78, 5) is -0.505. The van der Waals surface area contributed by atoms with Gasteiger partial charge in [0.2, 0.25) is 0 Å². The second kappa shape index (κ2) is 4.75. The van der Waals surface area contributed by atoms with Crippen LogP contribution in [0.5, 0.6) is 0 Å². The van der Waals surface area contributed by atoms with Crippen molar-refractivity contribution in [3.8, 4) is 0 Å². The average Bonchev–Trinajstić information content (AvgIpc) is 2.60. The van der Waals surface area contributed by atoms with E-state index in [1.807, 2.05) is 42.5 Å². The monoisotopic (exact) mass is 360 g/mol. The minimum atomic E-state index is -4.64. The predicted molar refractivity (Wildman–Crippen MR) is 100 cm³/mol. The SMILES string of the molecule is N=c1c(S(=O)(=O)O)c2cccc3c4cccc5cccc(c(c1=N)c23)c54. The van der Waals surface area contributed by atoms with Crippen LogP contribution in [0.2, 0.25) is 0 Å². The summed E-state index contributed by atoms with van der Waals surface area (Å²) in [5.41, 5.74) is 0. The molecule has 0 amide bonds. The van der Waals surface area contributed by atoms with Gasteiger partial charge >= 0.3 is 0 Å². The highest BCUT2D eigenvalue weighted by Gasteiger charge is 2.23. The molecule has 6 heteroatoms. The standard InChI is InChI=1S/C20H12N2O3S/c21-18-17-13-8-2-5-10-4-1-6-11(15(10)13)12-7-3-9-14(16(12)17)20(19(18)22)26(23,24)25/h1-9,21-22H,(H,23,24,25). The van der Waals surface area contributed by atoms with Gasteiger partial charge in [-0.2, -0.15) is 8.42 Å². The number of benzene rings is 5. The molecule has 0 atom stereocenters. The van der Waals surface area contributed by atoms with Crippen LogP contribution in [-0.4, -0.2) is 13.0 Å². The zero-order chi connectivity index (χ0) is 18.2. The van der Waals surface area contributed by atoms with Crippen molar-refractivity contribution in [1.29, 1.82) is 10.8 Å². The van der Waals surface area contributed by atoms with E-state index in [0.29, 0.717) is 10.8 Å². The maximum absolute atomic E-state index is 11.9. The molecule has 0 saturated carbocycles. The average molecular weight is 360 g/mol. The van der Waals surface area contributed by atoms with E-state index in [4.69, 9.17) is 10.8 Å². The normalized spacial score (nSPS) is 12.7. The van der Waals surface area contributed by atoms with E-state index >= 15 is 0 Å². The molecule has 0 spiro atoms. The summed E-state index contributed by atoms with van der Waals surface area (Å²) in [6.07, 6.45) is 0. The summed E-state index contributed by atoms with van der Waals surface area (Å²) >= 11 is 0. The highest BCUT2D eigenvalue weighted by atomic mass is 32.2. The first-order chi connectivity index (χ1) is 12.4. The molecule has 26 heavy (non-hydrogen) atoms. The lowest BCUT2D eigenvalue weighted by Gasteiger charge is -2.15. The molecule has 5 aromatic rings. The fourth-order valence-corrected chi connectivity index (χ4v) is 4.85. The molecule has 0 fully saturated rings. The van der Waals surface area contributed by atoms with Crippen molar-refractivity contribution in [3.05, 3.63) is 65.3 Å². The first-order valence-electron chi connectivity index (χ1n) is 7.95. The summed E-state index contributed by atoms with van der Waals surface area (Å²) < 4.78 is 33.6. The molecule has 5 aromatic carbocycles. The highest BCUT2D eigenvalue weighted by Crippen LogP contribution is 2.39. The van der Waals surface area contributed by atoms with E-state index in [1.165, 1.54) is 0 Å². The summed E-state index contributed by atoms with van der Waals surface area (Å²) in [6, 6.07) is 16.8. The fourth-order valence-electron chi connectivity index (χ4n) is 4.04. The fraction of sp³-hybridized carbons (Fsp3) is 0. The molecule has 3 N–H and O–H groups in total. The van der Waals surface area contributed by atoms with Gasteiger partial charge in [0.15, 0.2) is 0 Å². The summed E-state index contributed by atoms with van der Waals surface area (Å²) in [6.45, 7) is 0. The number of hydrogen-bond donors (Lipinski definition) is 3. The molecule has 5 rings (SSSR count). The molecule has 0 aliphatic carbocycles. The van der Waals surface area contributed by atoms with E-state index in [9.17, 15) is 13.0 Å². The van der Waals surface area contributed by atoms with Crippen molar-refractivity contribution >= 4 is 53.2 Å². The molecule has 126 valence electrons. The van der Waals surface area contributed by atoms with E-state index < -0.39 is 20.4 Å². The quantitative estimate of drug-likeness (QED) is 0.243. The molecule has 0 unspecified atom stereocenters. The second-order valence-corrected chi connectivity index (χ2v) is 7.72. The molecular formula is C20H12N2O3S. The molecule has 0 bridgehead atoms. The molecule has 0 aromatic heterocycles. The Morgan fingerprint density at radius 3 is 1.85 bits per heavy atom. The van der Waals surface area contributed by atoms with E-state index in [0.717, 1.165) is 26.9 Å².